The van der Waals surface area contributed by atoms with Crippen LogP contribution in [0, 0.1) is 0 Å². The first kappa shape index (κ1) is 14.0. The minimum Gasteiger partial charge on any atom is -0.492 e. The van der Waals surface area contributed by atoms with Crippen LogP contribution in [0.5, 0.6) is 5.75 Å². The van der Waals surface area contributed by atoms with Crippen LogP contribution in [0.15, 0.2) is 29.2 Å². The highest BCUT2D eigenvalue weighted by Gasteiger charge is 2.18. The number of rotatable bonds is 6. The molecule has 0 saturated carbocycles. The standard InChI is InChI=1S/C12H19NO3S/c1-10(2)17(14,15)12-6-4-11(5-7-12)16-9-8-13-3/h4-7,10,13H,8-9H2,1-3H3. The molecule has 0 aromatic heterocycles. The smallest absolute Gasteiger partial charge is 0.180 e. The van der Waals surface area contributed by atoms with E-state index in [2.05, 4.69) is 5.32 Å². The van der Waals surface area contributed by atoms with Gasteiger partial charge in [-0.3, -0.25) is 0 Å². The highest BCUT2D eigenvalue weighted by molar-refractivity contribution is 7.92. The Bertz CT molecular complexity index is 437. The van der Waals surface area contributed by atoms with E-state index in [1.807, 2.05) is 7.05 Å². The lowest BCUT2D eigenvalue weighted by Gasteiger charge is -2.09. The predicted octanol–water partition coefficient (Wildman–Crippen LogP) is 1.47. The largest absolute Gasteiger partial charge is 0.492 e. The molecule has 1 aromatic carbocycles. The van der Waals surface area contributed by atoms with Gasteiger partial charge in [-0.1, -0.05) is 0 Å². The van der Waals surface area contributed by atoms with E-state index in [-0.39, 0.29) is 0 Å². The van der Waals surface area contributed by atoms with Crippen LogP contribution in [-0.2, 0) is 9.84 Å². The maximum absolute atomic E-state index is 11.9. The lowest BCUT2D eigenvalue weighted by Crippen LogP contribution is -2.16. The van der Waals surface area contributed by atoms with Crippen molar-refractivity contribution in [2.75, 3.05) is 20.2 Å². The van der Waals surface area contributed by atoms with Crippen LogP contribution in [0.3, 0.4) is 0 Å². The molecule has 5 heteroatoms. The van der Waals surface area contributed by atoms with Crippen molar-refractivity contribution in [2.24, 2.45) is 0 Å². The topological polar surface area (TPSA) is 55.4 Å². The third-order valence-electron chi connectivity index (χ3n) is 2.39. The second-order valence-corrected chi connectivity index (χ2v) is 6.52. The van der Waals surface area contributed by atoms with Crippen LogP contribution in [0.25, 0.3) is 0 Å². The van der Waals surface area contributed by atoms with Gasteiger partial charge in [0.25, 0.3) is 0 Å². The molecule has 0 aliphatic heterocycles. The zero-order valence-corrected chi connectivity index (χ0v) is 11.3. The molecular weight excluding hydrogens is 238 g/mol. The Hall–Kier alpha value is -1.07. The molecular formula is C12H19NO3S. The fourth-order valence-electron chi connectivity index (χ4n) is 1.27. The third-order valence-corrected chi connectivity index (χ3v) is 4.56. The molecule has 0 unspecified atom stereocenters. The molecule has 17 heavy (non-hydrogen) atoms. The average molecular weight is 257 g/mol. The van der Waals surface area contributed by atoms with Crippen LogP contribution >= 0.6 is 0 Å². The second kappa shape index (κ2) is 6.02. The van der Waals surface area contributed by atoms with Gasteiger partial charge in [-0.25, -0.2) is 8.42 Å². The van der Waals surface area contributed by atoms with Crippen LogP contribution in [-0.4, -0.2) is 33.9 Å². The van der Waals surface area contributed by atoms with E-state index in [1.165, 1.54) is 0 Å². The van der Waals surface area contributed by atoms with Crippen molar-refractivity contribution in [1.29, 1.82) is 0 Å². The van der Waals surface area contributed by atoms with Crippen molar-refractivity contribution in [2.45, 2.75) is 24.0 Å². The minimum atomic E-state index is -3.19. The molecule has 96 valence electrons. The first-order valence-corrected chi connectivity index (χ1v) is 7.14. The summed E-state index contributed by atoms with van der Waals surface area (Å²) in [5, 5.41) is 2.56. The van der Waals surface area contributed by atoms with Gasteiger partial charge in [-0.05, 0) is 45.2 Å². The summed E-state index contributed by atoms with van der Waals surface area (Å²) < 4.78 is 29.1. The highest BCUT2D eigenvalue weighted by Crippen LogP contribution is 2.19. The molecule has 0 aliphatic rings. The van der Waals surface area contributed by atoms with Gasteiger partial charge in [0.15, 0.2) is 9.84 Å². The fourth-order valence-corrected chi connectivity index (χ4v) is 2.33. The third kappa shape index (κ3) is 3.71. The van der Waals surface area contributed by atoms with Crippen molar-refractivity contribution in [3.8, 4) is 5.75 Å². The van der Waals surface area contributed by atoms with Gasteiger partial charge < -0.3 is 10.1 Å². The van der Waals surface area contributed by atoms with E-state index in [0.717, 1.165) is 6.54 Å². The molecule has 0 fully saturated rings. The van der Waals surface area contributed by atoms with E-state index >= 15 is 0 Å². The number of hydrogen-bond acceptors (Lipinski definition) is 4. The number of likely N-dealkylation sites (N-methyl/N-ethyl adjacent to an activating group) is 1. The van der Waals surface area contributed by atoms with E-state index < -0.39 is 15.1 Å². The minimum absolute atomic E-state index is 0.341. The van der Waals surface area contributed by atoms with Gasteiger partial charge in [0.05, 0.1) is 10.1 Å². The number of sulfone groups is 1. The van der Waals surface area contributed by atoms with Crippen LogP contribution in [0.4, 0.5) is 0 Å². The SMILES string of the molecule is CNCCOc1ccc(S(=O)(=O)C(C)C)cc1. The van der Waals surface area contributed by atoms with E-state index in [0.29, 0.717) is 17.3 Å². The number of nitrogens with one attached hydrogen (secondary N) is 1. The molecule has 0 amide bonds. The number of hydrogen-bond donors (Lipinski definition) is 1. The van der Waals surface area contributed by atoms with Crippen molar-refractivity contribution in [3.05, 3.63) is 24.3 Å². The number of ether oxygens (including phenoxy) is 1. The van der Waals surface area contributed by atoms with Gasteiger partial charge in [0, 0.05) is 6.54 Å². The summed E-state index contributed by atoms with van der Waals surface area (Å²) >= 11 is 0. The monoisotopic (exact) mass is 257 g/mol. The second-order valence-electron chi connectivity index (χ2n) is 4.02. The zero-order chi connectivity index (χ0) is 12.9. The maximum atomic E-state index is 11.9. The van der Waals surface area contributed by atoms with Crippen molar-refractivity contribution in [1.82, 2.24) is 5.32 Å². The molecule has 0 saturated heterocycles. The summed E-state index contributed by atoms with van der Waals surface area (Å²) in [7, 11) is -1.34. The van der Waals surface area contributed by atoms with Gasteiger partial charge in [-0.15, -0.1) is 0 Å². The van der Waals surface area contributed by atoms with Gasteiger partial charge in [0.1, 0.15) is 12.4 Å². The molecule has 0 heterocycles. The quantitative estimate of drug-likeness (QED) is 0.784. The van der Waals surface area contributed by atoms with E-state index in [9.17, 15) is 8.42 Å². The molecule has 1 rings (SSSR count). The first-order valence-electron chi connectivity index (χ1n) is 5.60. The summed E-state index contributed by atoms with van der Waals surface area (Å²) in [6.07, 6.45) is 0. The Morgan fingerprint density at radius 2 is 1.82 bits per heavy atom. The molecule has 4 nitrogen and oxygen atoms in total. The van der Waals surface area contributed by atoms with Crippen molar-refractivity contribution in [3.63, 3.8) is 0 Å². The van der Waals surface area contributed by atoms with E-state index in [4.69, 9.17) is 4.74 Å². The summed E-state index contributed by atoms with van der Waals surface area (Å²) in [6.45, 7) is 4.66. The molecule has 0 radical (unpaired) electrons. The molecule has 1 aromatic rings. The number of benzene rings is 1. The van der Waals surface area contributed by atoms with Crippen molar-refractivity contribution < 1.29 is 13.2 Å². The zero-order valence-electron chi connectivity index (χ0n) is 10.4. The highest BCUT2D eigenvalue weighted by atomic mass is 32.2. The predicted molar refractivity (Wildman–Crippen MR) is 68.2 cm³/mol. The van der Waals surface area contributed by atoms with Crippen LogP contribution in [0.2, 0.25) is 0 Å². The van der Waals surface area contributed by atoms with Crippen molar-refractivity contribution >= 4 is 9.84 Å². The Balaban J connectivity index is 2.75. The Morgan fingerprint density at radius 3 is 2.29 bits per heavy atom. The summed E-state index contributed by atoms with van der Waals surface area (Å²) in [6, 6.07) is 6.55. The van der Waals surface area contributed by atoms with Crippen LogP contribution < -0.4 is 10.1 Å². The maximum Gasteiger partial charge on any atom is 0.180 e. The molecule has 0 bridgehead atoms. The van der Waals surface area contributed by atoms with Gasteiger partial charge >= 0.3 is 0 Å². The normalized spacial score (nSPS) is 11.8. The lowest BCUT2D eigenvalue weighted by molar-refractivity contribution is 0.318. The van der Waals surface area contributed by atoms with Gasteiger partial charge in [-0.2, -0.15) is 0 Å². The molecule has 0 atom stereocenters. The fraction of sp³-hybridized carbons (Fsp3) is 0.500. The average Bonchev–Trinajstić information content (AvgIpc) is 2.30. The van der Waals surface area contributed by atoms with Gasteiger partial charge in [0.2, 0.25) is 0 Å². The first-order chi connectivity index (χ1) is 7.98. The molecule has 0 spiro atoms. The summed E-state index contributed by atoms with van der Waals surface area (Å²) in [4.78, 5) is 0.341. The summed E-state index contributed by atoms with van der Waals surface area (Å²) in [5.41, 5.74) is 0. The lowest BCUT2D eigenvalue weighted by atomic mass is 10.3. The molecule has 1 N–H and O–H groups in total. The Labute approximate surface area is 103 Å². The van der Waals surface area contributed by atoms with Crippen LogP contribution in [0.1, 0.15) is 13.8 Å². The Kier molecular flexibility index (Phi) is 4.96. The Morgan fingerprint density at radius 1 is 1.24 bits per heavy atom. The summed E-state index contributed by atoms with van der Waals surface area (Å²) in [5.74, 6) is 0.683. The van der Waals surface area contributed by atoms with E-state index in [1.54, 1.807) is 38.1 Å². The molecule has 0 aliphatic carbocycles.